The van der Waals surface area contributed by atoms with Gasteiger partial charge in [-0.1, -0.05) is 13.8 Å². The molecule has 0 bridgehead atoms. The number of aromatic amines is 1. The fourth-order valence-corrected chi connectivity index (χ4v) is 2.85. The van der Waals surface area contributed by atoms with E-state index in [-0.39, 0.29) is 17.7 Å². The number of hydrogen-bond acceptors (Lipinski definition) is 4. The molecule has 0 radical (unpaired) electrons. The first kappa shape index (κ1) is 13.7. The number of carboxylic acids is 1. The summed E-state index contributed by atoms with van der Waals surface area (Å²) in [7, 11) is -3.87. The number of rotatable bonds is 6. The van der Waals surface area contributed by atoms with Crippen molar-refractivity contribution in [1.29, 1.82) is 0 Å². The Labute approximate surface area is 99.3 Å². The Hall–Kier alpha value is -1.41. The molecular weight excluding hydrogens is 246 g/mol. The van der Waals surface area contributed by atoms with Gasteiger partial charge in [0, 0.05) is 6.20 Å². The summed E-state index contributed by atoms with van der Waals surface area (Å²) in [6.45, 7) is 3.24. The molecule has 96 valence electrons. The number of H-pyrrole nitrogens is 1. The zero-order chi connectivity index (χ0) is 13.1. The van der Waals surface area contributed by atoms with Crippen LogP contribution < -0.4 is 4.72 Å². The molecule has 1 aromatic rings. The van der Waals surface area contributed by atoms with Crippen molar-refractivity contribution in [2.45, 2.75) is 37.1 Å². The van der Waals surface area contributed by atoms with E-state index in [4.69, 9.17) is 5.11 Å². The third-order valence-corrected chi connectivity index (χ3v) is 4.23. The fraction of sp³-hybridized carbons (Fsp3) is 0.556. The van der Waals surface area contributed by atoms with E-state index < -0.39 is 21.5 Å². The van der Waals surface area contributed by atoms with Gasteiger partial charge in [-0.3, -0.25) is 9.89 Å². The molecule has 17 heavy (non-hydrogen) atoms. The molecule has 1 heterocycles. The summed E-state index contributed by atoms with van der Waals surface area (Å²) in [5.41, 5.74) is -1.48. The molecule has 0 atom stereocenters. The minimum absolute atomic E-state index is 0.0787. The Morgan fingerprint density at radius 1 is 1.53 bits per heavy atom. The van der Waals surface area contributed by atoms with Crippen LogP contribution in [0.1, 0.15) is 26.7 Å². The maximum Gasteiger partial charge on any atom is 0.324 e. The van der Waals surface area contributed by atoms with Crippen LogP contribution in [0.25, 0.3) is 0 Å². The second-order valence-electron chi connectivity index (χ2n) is 3.63. The van der Waals surface area contributed by atoms with Crippen LogP contribution in [0, 0.1) is 0 Å². The van der Waals surface area contributed by atoms with E-state index in [0.29, 0.717) is 0 Å². The van der Waals surface area contributed by atoms with Gasteiger partial charge in [0.05, 0.1) is 6.20 Å². The number of hydrogen-bond donors (Lipinski definition) is 3. The minimum Gasteiger partial charge on any atom is -0.480 e. The van der Waals surface area contributed by atoms with E-state index in [1.54, 1.807) is 13.8 Å². The molecule has 0 aliphatic heterocycles. The van der Waals surface area contributed by atoms with Gasteiger partial charge >= 0.3 is 5.97 Å². The van der Waals surface area contributed by atoms with Crippen LogP contribution in [0.5, 0.6) is 0 Å². The quantitative estimate of drug-likeness (QED) is 0.683. The second kappa shape index (κ2) is 4.84. The van der Waals surface area contributed by atoms with Gasteiger partial charge in [-0.15, -0.1) is 0 Å². The van der Waals surface area contributed by atoms with Gasteiger partial charge in [0.2, 0.25) is 10.0 Å². The molecule has 0 saturated carbocycles. The zero-order valence-electron chi connectivity index (χ0n) is 9.60. The summed E-state index contributed by atoms with van der Waals surface area (Å²) in [4.78, 5) is 11.1. The van der Waals surface area contributed by atoms with Crippen LogP contribution in [-0.2, 0) is 14.8 Å². The average Bonchev–Trinajstić information content (AvgIpc) is 2.79. The smallest absolute Gasteiger partial charge is 0.324 e. The van der Waals surface area contributed by atoms with Gasteiger partial charge in [0.15, 0.2) is 0 Å². The Kier molecular flexibility index (Phi) is 3.89. The summed E-state index contributed by atoms with van der Waals surface area (Å²) in [5, 5.41) is 15.0. The number of nitrogens with one attached hydrogen (secondary N) is 2. The second-order valence-corrected chi connectivity index (χ2v) is 5.32. The Morgan fingerprint density at radius 2 is 2.12 bits per heavy atom. The third kappa shape index (κ3) is 2.64. The lowest BCUT2D eigenvalue weighted by atomic mass is 9.95. The molecule has 0 amide bonds. The van der Waals surface area contributed by atoms with E-state index in [1.807, 2.05) is 0 Å². The summed E-state index contributed by atoms with van der Waals surface area (Å²) < 4.78 is 26.0. The third-order valence-electron chi connectivity index (χ3n) is 2.73. The molecule has 8 heteroatoms. The molecule has 1 rings (SSSR count). The topological polar surface area (TPSA) is 112 Å². The molecular formula is C9H15N3O4S. The molecule has 0 saturated heterocycles. The summed E-state index contributed by atoms with van der Waals surface area (Å²) in [6, 6.07) is 0. The molecule has 1 aromatic heterocycles. The van der Waals surface area contributed by atoms with Gasteiger partial charge in [-0.05, 0) is 12.8 Å². The fourth-order valence-electron chi connectivity index (χ4n) is 1.44. The van der Waals surface area contributed by atoms with Crippen LogP contribution in [0.3, 0.4) is 0 Å². The van der Waals surface area contributed by atoms with E-state index in [0.717, 1.165) is 6.20 Å². The van der Waals surface area contributed by atoms with E-state index >= 15 is 0 Å². The summed E-state index contributed by atoms with van der Waals surface area (Å²) in [6.07, 6.45) is 2.65. The van der Waals surface area contributed by atoms with Crippen molar-refractivity contribution in [1.82, 2.24) is 14.9 Å². The molecule has 0 aliphatic rings. The Balaban J connectivity index is 3.08. The molecule has 3 N–H and O–H groups in total. The molecule has 0 spiro atoms. The standard InChI is InChI=1S/C9H15N3O4S/c1-3-9(4-2,8(13)14)12-17(15,16)7-5-10-11-6-7/h5-6,12H,3-4H2,1-2H3,(H,10,11)(H,13,14). The number of sulfonamides is 1. The highest BCUT2D eigenvalue weighted by atomic mass is 32.2. The van der Waals surface area contributed by atoms with E-state index in [9.17, 15) is 13.2 Å². The Morgan fingerprint density at radius 3 is 2.47 bits per heavy atom. The van der Waals surface area contributed by atoms with Crippen molar-refractivity contribution in [3.63, 3.8) is 0 Å². The van der Waals surface area contributed by atoms with Crippen LogP contribution in [-0.4, -0.2) is 35.2 Å². The lowest BCUT2D eigenvalue weighted by Gasteiger charge is -2.27. The SMILES string of the molecule is CCC(CC)(NS(=O)(=O)c1cn[nH]c1)C(=O)O. The number of aromatic nitrogens is 2. The molecule has 7 nitrogen and oxygen atoms in total. The van der Waals surface area contributed by atoms with Crippen molar-refractivity contribution in [3.8, 4) is 0 Å². The Bertz CT molecular complexity index is 476. The molecule has 0 unspecified atom stereocenters. The zero-order valence-corrected chi connectivity index (χ0v) is 10.4. The van der Waals surface area contributed by atoms with E-state index in [1.165, 1.54) is 6.20 Å². The van der Waals surface area contributed by atoms with Crippen molar-refractivity contribution < 1.29 is 18.3 Å². The first-order chi connectivity index (χ1) is 7.88. The first-order valence-corrected chi connectivity index (χ1v) is 6.62. The number of carbonyl (C=O) groups is 1. The van der Waals surface area contributed by atoms with Crippen molar-refractivity contribution >= 4 is 16.0 Å². The average molecular weight is 261 g/mol. The monoisotopic (exact) mass is 261 g/mol. The van der Waals surface area contributed by atoms with Crippen molar-refractivity contribution in [3.05, 3.63) is 12.4 Å². The van der Waals surface area contributed by atoms with Gasteiger partial charge in [0.25, 0.3) is 0 Å². The van der Waals surface area contributed by atoms with Gasteiger partial charge < -0.3 is 5.11 Å². The molecule has 0 fully saturated rings. The number of aliphatic carboxylic acids is 1. The van der Waals surface area contributed by atoms with Crippen LogP contribution in [0.15, 0.2) is 17.3 Å². The normalized spacial score (nSPS) is 12.6. The van der Waals surface area contributed by atoms with Crippen LogP contribution in [0.2, 0.25) is 0 Å². The highest BCUT2D eigenvalue weighted by molar-refractivity contribution is 7.89. The van der Waals surface area contributed by atoms with E-state index in [2.05, 4.69) is 14.9 Å². The maximum absolute atomic E-state index is 11.9. The highest BCUT2D eigenvalue weighted by Crippen LogP contribution is 2.19. The summed E-state index contributed by atoms with van der Waals surface area (Å²) in [5.74, 6) is -1.19. The largest absolute Gasteiger partial charge is 0.480 e. The minimum atomic E-state index is -3.87. The predicted octanol–water partition coefficient (Wildman–Crippen LogP) is 0.331. The van der Waals surface area contributed by atoms with Gasteiger partial charge in [-0.2, -0.15) is 9.82 Å². The van der Waals surface area contributed by atoms with Gasteiger partial charge in [0.1, 0.15) is 10.4 Å². The lowest BCUT2D eigenvalue weighted by molar-refractivity contribution is -0.144. The summed E-state index contributed by atoms with van der Waals surface area (Å²) >= 11 is 0. The van der Waals surface area contributed by atoms with Crippen molar-refractivity contribution in [2.75, 3.05) is 0 Å². The predicted molar refractivity (Wildman–Crippen MR) is 59.9 cm³/mol. The number of nitrogens with zero attached hydrogens (tertiary/aromatic N) is 1. The van der Waals surface area contributed by atoms with Crippen molar-refractivity contribution in [2.24, 2.45) is 0 Å². The molecule has 0 aromatic carbocycles. The maximum atomic E-state index is 11.9. The number of carboxylic acid groups (broad SMARTS) is 1. The highest BCUT2D eigenvalue weighted by Gasteiger charge is 2.39. The van der Waals surface area contributed by atoms with Gasteiger partial charge in [-0.25, -0.2) is 8.42 Å². The van der Waals surface area contributed by atoms with Crippen LogP contribution >= 0.6 is 0 Å². The first-order valence-electron chi connectivity index (χ1n) is 5.14. The lowest BCUT2D eigenvalue weighted by Crippen LogP contribution is -2.53. The molecule has 0 aliphatic carbocycles. The van der Waals surface area contributed by atoms with Crippen LogP contribution in [0.4, 0.5) is 0 Å².